The first-order valence-electron chi connectivity index (χ1n) is 27.4. The second-order valence-corrected chi connectivity index (χ2v) is 19.8. The van der Waals surface area contributed by atoms with Gasteiger partial charge in [-0.05, 0) is 25.7 Å². The van der Waals surface area contributed by atoms with Gasteiger partial charge in [-0.25, -0.2) is 4.57 Å². The Labute approximate surface area is 409 Å². The third-order valence-corrected chi connectivity index (χ3v) is 12.8. The normalized spacial score (nSPS) is 12.8. The van der Waals surface area contributed by atoms with Gasteiger partial charge in [-0.3, -0.25) is 28.2 Å². The van der Waals surface area contributed by atoms with E-state index in [2.05, 4.69) is 13.8 Å². The molecule has 396 valence electrons. The van der Waals surface area contributed by atoms with Crippen molar-refractivity contribution in [2.75, 3.05) is 52.9 Å². The van der Waals surface area contributed by atoms with Crippen molar-refractivity contribution in [3.05, 3.63) is 0 Å². The van der Waals surface area contributed by atoms with Crippen molar-refractivity contribution in [1.82, 2.24) is 0 Å². The lowest BCUT2D eigenvalue weighted by Crippen LogP contribution is -2.29. The van der Waals surface area contributed by atoms with Gasteiger partial charge in [-0.15, -0.1) is 0 Å². The molecule has 0 aliphatic rings. The Balaban J connectivity index is 4.54. The average molecular weight is 977 g/mol. The van der Waals surface area contributed by atoms with Crippen LogP contribution < -0.4 is 0 Å². The number of phosphoric ester groups is 1. The third-order valence-electron chi connectivity index (χ3n) is 11.8. The molecular weight excluding hydrogens is 876 g/mol. The van der Waals surface area contributed by atoms with Gasteiger partial charge in [0.1, 0.15) is 12.4 Å². The highest BCUT2D eigenvalue weighted by Gasteiger charge is 2.26. The lowest BCUT2D eigenvalue weighted by atomic mass is 10.0. The molecule has 0 heterocycles. The third kappa shape index (κ3) is 50.3. The molecule has 0 saturated carbocycles. The number of ether oxygens (including phenoxy) is 5. The highest BCUT2D eigenvalue weighted by Crippen LogP contribution is 2.43. The molecule has 0 aliphatic heterocycles. The van der Waals surface area contributed by atoms with Crippen LogP contribution in [0, 0.1) is 0 Å². The van der Waals surface area contributed by atoms with Crippen LogP contribution in [0.3, 0.4) is 0 Å². The Morgan fingerprint density at radius 2 is 0.791 bits per heavy atom. The zero-order valence-corrected chi connectivity index (χ0v) is 44.1. The molecule has 0 aromatic carbocycles. The summed E-state index contributed by atoms with van der Waals surface area (Å²) in [6.07, 6.45) is 37.2. The molecular formula is C53H101O13P. The molecule has 0 fully saturated rings. The summed E-state index contributed by atoms with van der Waals surface area (Å²) in [5, 5.41) is 0. The van der Waals surface area contributed by atoms with E-state index in [9.17, 15) is 28.6 Å². The molecule has 2 atom stereocenters. The maximum Gasteiger partial charge on any atom is 0.472 e. The van der Waals surface area contributed by atoms with Crippen molar-refractivity contribution >= 4 is 31.5 Å². The van der Waals surface area contributed by atoms with Gasteiger partial charge in [-0.1, -0.05) is 201 Å². The van der Waals surface area contributed by atoms with E-state index in [0.29, 0.717) is 32.7 Å². The molecule has 0 radical (unpaired) electrons. The van der Waals surface area contributed by atoms with E-state index in [0.717, 1.165) is 44.9 Å². The summed E-state index contributed by atoms with van der Waals surface area (Å²) in [5.41, 5.74) is 0. The molecule has 0 bridgehead atoms. The summed E-state index contributed by atoms with van der Waals surface area (Å²) < 4.78 is 49.7. The molecule has 0 amide bonds. The number of carbonyl (C=O) groups excluding carboxylic acids is 4. The summed E-state index contributed by atoms with van der Waals surface area (Å²) in [5.74, 6) is -1.56. The van der Waals surface area contributed by atoms with Gasteiger partial charge in [0.15, 0.2) is 6.10 Å². The average Bonchev–Trinajstić information content (AvgIpc) is 3.31. The van der Waals surface area contributed by atoms with Crippen LogP contribution >= 0.6 is 7.82 Å². The van der Waals surface area contributed by atoms with Gasteiger partial charge in [-0.2, -0.15) is 0 Å². The summed E-state index contributed by atoms with van der Waals surface area (Å²) in [6, 6.07) is 0. The first kappa shape index (κ1) is 65.1. The number of ketones is 1. The van der Waals surface area contributed by atoms with Crippen LogP contribution in [0.25, 0.3) is 0 Å². The fourth-order valence-electron chi connectivity index (χ4n) is 7.66. The number of hydrogen-bond donors (Lipinski definition) is 1. The molecule has 0 aromatic heterocycles. The number of unbranched alkanes of at least 4 members (excludes halogenated alkanes) is 28. The number of hydrogen-bond acceptors (Lipinski definition) is 12. The monoisotopic (exact) mass is 977 g/mol. The summed E-state index contributed by atoms with van der Waals surface area (Å²) in [4.78, 5) is 59.9. The maximum absolute atomic E-state index is 12.8. The van der Waals surface area contributed by atoms with Crippen molar-refractivity contribution in [3.63, 3.8) is 0 Å². The van der Waals surface area contributed by atoms with Crippen molar-refractivity contribution < 1.29 is 61.4 Å². The van der Waals surface area contributed by atoms with Crippen LogP contribution in [0.15, 0.2) is 0 Å². The number of rotatable bonds is 54. The van der Waals surface area contributed by atoms with Gasteiger partial charge in [0.05, 0.1) is 46.1 Å². The zero-order chi connectivity index (χ0) is 49.2. The minimum absolute atomic E-state index is 0.00927. The Morgan fingerprint density at radius 1 is 0.373 bits per heavy atom. The first-order valence-corrected chi connectivity index (χ1v) is 28.9. The fourth-order valence-corrected chi connectivity index (χ4v) is 8.45. The first-order chi connectivity index (χ1) is 32.6. The van der Waals surface area contributed by atoms with Crippen molar-refractivity contribution in [3.8, 4) is 0 Å². The van der Waals surface area contributed by atoms with Gasteiger partial charge < -0.3 is 28.6 Å². The minimum atomic E-state index is -4.59. The summed E-state index contributed by atoms with van der Waals surface area (Å²) in [7, 11) is -4.59. The second-order valence-electron chi connectivity index (χ2n) is 18.4. The molecule has 2 unspecified atom stereocenters. The molecule has 0 saturated heterocycles. The Kier molecular flexibility index (Phi) is 49.1. The van der Waals surface area contributed by atoms with E-state index in [1.54, 1.807) is 0 Å². The number of esters is 3. The molecule has 1 N–H and O–H groups in total. The SMILES string of the molecule is CCCCCCCCCCCCCCCCCC(=O)OCC(COP(=O)(O)OCCCC(=O)CCOC(=O)CCOCCOCCC)OC(=O)CCCCCCCCCCCCCCCCC. The maximum atomic E-state index is 12.8. The lowest BCUT2D eigenvalue weighted by Gasteiger charge is -2.20. The van der Waals surface area contributed by atoms with Crippen molar-refractivity contribution in [2.24, 2.45) is 0 Å². The molecule has 0 aliphatic carbocycles. The molecule has 0 rings (SSSR count). The molecule has 67 heavy (non-hydrogen) atoms. The van der Waals surface area contributed by atoms with Gasteiger partial charge in [0.2, 0.25) is 0 Å². The molecule has 14 heteroatoms. The van der Waals surface area contributed by atoms with E-state index in [1.165, 1.54) is 141 Å². The van der Waals surface area contributed by atoms with Crippen molar-refractivity contribution in [2.45, 2.75) is 264 Å². The Morgan fingerprint density at radius 3 is 1.25 bits per heavy atom. The predicted octanol–water partition coefficient (Wildman–Crippen LogP) is 14.2. The van der Waals surface area contributed by atoms with Crippen LogP contribution in [0.1, 0.15) is 258 Å². The largest absolute Gasteiger partial charge is 0.472 e. The van der Waals surface area contributed by atoms with E-state index < -0.39 is 38.4 Å². The van der Waals surface area contributed by atoms with Crippen LogP contribution in [-0.2, 0) is 56.5 Å². The van der Waals surface area contributed by atoms with E-state index in [1.807, 2.05) is 6.92 Å². The lowest BCUT2D eigenvalue weighted by molar-refractivity contribution is -0.161. The smallest absolute Gasteiger partial charge is 0.465 e. The zero-order valence-electron chi connectivity index (χ0n) is 43.2. The highest BCUT2D eigenvalue weighted by atomic mass is 31.2. The number of phosphoric acid groups is 1. The molecule has 13 nitrogen and oxygen atoms in total. The second kappa shape index (κ2) is 50.5. The number of Topliss-reactive ketones (excluding diaryl/α,β-unsaturated/α-hetero) is 1. The van der Waals surface area contributed by atoms with Gasteiger partial charge >= 0.3 is 25.7 Å². The van der Waals surface area contributed by atoms with E-state index in [-0.39, 0.29) is 70.7 Å². The quantitative estimate of drug-likeness (QED) is 0.0265. The van der Waals surface area contributed by atoms with Gasteiger partial charge in [0, 0.05) is 32.3 Å². The Bertz CT molecular complexity index is 1190. The minimum Gasteiger partial charge on any atom is -0.465 e. The van der Waals surface area contributed by atoms with Crippen LogP contribution in [-0.4, -0.2) is 87.5 Å². The number of carbonyl (C=O) groups is 4. The predicted molar refractivity (Wildman–Crippen MR) is 268 cm³/mol. The van der Waals surface area contributed by atoms with Crippen LogP contribution in [0.2, 0.25) is 0 Å². The van der Waals surface area contributed by atoms with Crippen LogP contribution in [0.5, 0.6) is 0 Å². The topological polar surface area (TPSA) is 170 Å². The van der Waals surface area contributed by atoms with Crippen molar-refractivity contribution in [1.29, 1.82) is 0 Å². The molecule has 0 aromatic rings. The van der Waals surface area contributed by atoms with E-state index in [4.69, 9.17) is 32.7 Å². The Hall–Kier alpha value is -1.89. The standard InChI is InChI=1S/C53H101O13P/c1-4-7-9-11-13-15-17-19-21-23-25-27-29-31-33-37-51(55)63-47-50(66-53(57)38-34-32-30-28-26-24-22-20-18-16-14-12-10-8-5-2)48-65-67(58,59)64-42-35-36-49(54)39-44-62-52(56)40-43-61-46-45-60-41-6-3/h50H,4-48H2,1-3H3,(H,58,59). The van der Waals surface area contributed by atoms with Crippen LogP contribution in [0.4, 0.5) is 0 Å². The summed E-state index contributed by atoms with van der Waals surface area (Å²) >= 11 is 0. The van der Waals surface area contributed by atoms with E-state index >= 15 is 0 Å². The van der Waals surface area contributed by atoms with Gasteiger partial charge in [0.25, 0.3) is 0 Å². The fraction of sp³-hybridized carbons (Fsp3) is 0.925. The highest BCUT2D eigenvalue weighted by molar-refractivity contribution is 7.47. The summed E-state index contributed by atoms with van der Waals surface area (Å²) in [6.45, 7) is 7.13. The molecule has 0 spiro atoms.